The molecule has 100 valence electrons. The summed E-state index contributed by atoms with van der Waals surface area (Å²) in [4.78, 5) is 2.45. The molecule has 0 amide bonds. The molecule has 4 N–H and O–H groups in total. The molecule has 0 radical (unpaired) electrons. The Morgan fingerprint density at radius 3 is 2.80 bits per heavy atom. The molecule has 4 nitrogen and oxygen atoms in total. The maximum Gasteiger partial charge on any atom is 0.103 e. The molecule has 0 bridgehead atoms. The summed E-state index contributed by atoms with van der Waals surface area (Å²) in [6.07, 6.45) is 0. The van der Waals surface area contributed by atoms with Crippen molar-refractivity contribution >= 4 is 28.4 Å². The Bertz CT molecular complexity index is 822. The van der Waals surface area contributed by atoms with E-state index in [1.165, 1.54) is 15.4 Å². The lowest BCUT2D eigenvalue weighted by molar-refractivity contribution is 0.648. The summed E-state index contributed by atoms with van der Waals surface area (Å²) in [5.41, 5.74) is 15.8. The summed E-state index contributed by atoms with van der Waals surface area (Å²) >= 11 is 1.77. The summed E-state index contributed by atoms with van der Waals surface area (Å²) in [6.45, 7) is 1.23. The van der Waals surface area contributed by atoms with Crippen LogP contribution in [0.4, 0.5) is 5.69 Å². The van der Waals surface area contributed by atoms with Crippen molar-refractivity contribution < 1.29 is 0 Å². The fraction of sp³-hybridized carbons (Fsp3) is 0.133. The van der Waals surface area contributed by atoms with E-state index in [0.717, 1.165) is 22.3 Å². The van der Waals surface area contributed by atoms with Crippen LogP contribution in [0.3, 0.4) is 0 Å². The van der Waals surface area contributed by atoms with Crippen LogP contribution in [0.1, 0.15) is 0 Å². The molecule has 3 aromatic rings. The van der Waals surface area contributed by atoms with E-state index in [2.05, 4.69) is 24.3 Å². The van der Waals surface area contributed by atoms with Crippen LogP contribution >= 0.6 is 11.8 Å². The van der Waals surface area contributed by atoms with Crippen molar-refractivity contribution in [3.05, 3.63) is 36.4 Å². The van der Waals surface area contributed by atoms with Crippen molar-refractivity contribution in [1.29, 1.82) is 0 Å². The number of fused-ring (bicyclic) bond motifs is 2. The first kappa shape index (κ1) is 11.8. The van der Waals surface area contributed by atoms with E-state index >= 15 is 0 Å². The third kappa shape index (κ3) is 1.50. The molecular weight excluding hydrogens is 268 g/mol. The quantitative estimate of drug-likeness (QED) is 0.555. The van der Waals surface area contributed by atoms with Crippen LogP contribution in [0.2, 0.25) is 0 Å². The van der Waals surface area contributed by atoms with Crippen molar-refractivity contribution in [2.45, 2.75) is 16.3 Å². The SMILES string of the molecule is NCCn1nc2c3c(ccc(N)c31)Sc1ccccc1-2. The van der Waals surface area contributed by atoms with Gasteiger partial charge in [0.05, 0.1) is 17.7 Å². The summed E-state index contributed by atoms with van der Waals surface area (Å²) in [5.74, 6) is 0. The minimum atomic E-state index is 0.550. The monoisotopic (exact) mass is 282 g/mol. The smallest absolute Gasteiger partial charge is 0.103 e. The van der Waals surface area contributed by atoms with Gasteiger partial charge in [-0.1, -0.05) is 30.0 Å². The van der Waals surface area contributed by atoms with Gasteiger partial charge < -0.3 is 11.5 Å². The molecule has 1 aliphatic rings. The molecule has 2 aromatic carbocycles. The second-order valence-electron chi connectivity index (χ2n) is 4.84. The molecule has 0 spiro atoms. The lowest BCUT2D eigenvalue weighted by atomic mass is 10.1. The Balaban J connectivity index is 2.12. The molecule has 0 aliphatic carbocycles. The Labute approximate surface area is 120 Å². The topological polar surface area (TPSA) is 69.9 Å². The molecule has 2 heterocycles. The Morgan fingerprint density at radius 1 is 1.10 bits per heavy atom. The summed E-state index contributed by atoms with van der Waals surface area (Å²) < 4.78 is 1.94. The third-order valence-corrected chi connectivity index (χ3v) is 4.73. The highest BCUT2D eigenvalue weighted by Crippen LogP contribution is 2.48. The highest BCUT2D eigenvalue weighted by Gasteiger charge is 2.24. The van der Waals surface area contributed by atoms with E-state index < -0.39 is 0 Å². The number of rotatable bonds is 2. The molecule has 5 heteroatoms. The van der Waals surface area contributed by atoms with Gasteiger partial charge in [-0.3, -0.25) is 4.68 Å². The molecule has 0 fully saturated rings. The highest BCUT2D eigenvalue weighted by atomic mass is 32.2. The zero-order valence-electron chi connectivity index (χ0n) is 10.8. The lowest BCUT2D eigenvalue weighted by Crippen LogP contribution is -2.11. The molecule has 0 saturated heterocycles. The van der Waals surface area contributed by atoms with Crippen molar-refractivity contribution in [1.82, 2.24) is 9.78 Å². The van der Waals surface area contributed by atoms with Gasteiger partial charge in [-0.25, -0.2) is 0 Å². The maximum absolute atomic E-state index is 6.16. The van der Waals surface area contributed by atoms with Gasteiger partial charge in [0, 0.05) is 27.3 Å². The zero-order valence-corrected chi connectivity index (χ0v) is 11.7. The van der Waals surface area contributed by atoms with Crippen molar-refractivity contribution in [2.75, 3.05) is 12.3 Å². The number of benzene rings is 2. The molecule has 1 aliphatic heterocycles. The minimum absolute atomic E-state index is 0.550. The van der Waals surface area contributed by atoms with Crippen LogP contribution in [0, 0.1) is 0 Å². The number of nitrogen functional groups attached to an aromatic ring is 1. The minimum Gasteiger partial charge on any atom is -0.397 e. The second kappa shape index (κ2) is 4.26. The number of hydrogen-bond acceptors (Lipinski definition) is 4. The number of aromatic nitrogens is 2. The second-order valence-corrected chi connectivity index (χ2v) is 5.92. The lowest BCUT2D eigenvalue weighted by Gasteiger charge is -2.15. The molecule has 4 rings (SSSR count). The van der Waals surface area contributed by atoms with Gasteiger partial charge in [-0.2, -0.15) is 5.10 Å². The van der Waals surface area contributed by atoms with Gasteiger partial charge in [0.15, 0.2) is 0 Å². The van der Waals surface area contributed by atoms with Gasteiger partial charge in [0.1, 0.15) is 5.69 Å². The third-order valence-electron chi connectivity index (χ3n) is 3.59. The van der Waals surface area contributed by atoms with Gasteiger partial charge in [0.25, 0.3) is 0 Å². The first-order valence-corrected chi connectivity index (χ1v) is 7.37. The summed E-state index contributed by atoms with van der Waals surface area (Å²) in [5, 5.41) is 5.91. The molecule has 0 unspecified atom stereocenters. The van der Waals surface area contributed by atoms with Crippen LogP contribution in [0.5, 0.6) is 0 Å². The van der Waals surface area contributed by atoms with Gasteiger partial charge >= 0.3 is 0 Å². The molecular formula is C15H14N4S. The van der Waals surface area contributed by atoms with E-state index in [9.17, 15) is 0 Å². The van der Waals surface area contributed by atoms with Gasteiger partial charge in [-0.15, -0.1) is 0 Å². The van der Waals surface area contributed by atoms with Crippen LogP contribution in [0.15, 0.2) is 46.2 Å². The predicted molar refractivity (Wildman–Crippen MR) is 82.8 cm³/mol. The molecule has 0 saturated carbocycles. The van der Waals surface area contributed by atoms with E-state index in [1.54, 1.807) is 11.8 Å². The van der Waals surface area contributed by atoms with Gasteiger partial charge in [0.2, 0.25) is 0 Å². The van der Waals surface area contributed by atoms with Crippen LogP contribution in [0.25, 0.3) is 22.2 Å². The summed E-state index contributed by atoms with van der Waals surface area (Å²) in [7, 11) is 0. The van der Waals surface area contributed by atoms with E-state index in [-0.39, 0.29) is 0 Å². The van der Waals surface area contributed by atoms with E-state index in [0.29, 0.717) is 13.1 Å². The zero-order chi connectivity index (χ0) is 13.7. The van der Waals surface area contributed by atoms with Crippen molar-refractivity contribution in [3.63, 3.8) is 0 Å². The average molecular weight is 282 g/mol. The number of anilines is 1. The summed E-state index contributed by atoms with van der Waals surface area (Å²) in [6, 6.07) is 12.4. The molecule has 20 heavy (non-hydrogen) atoms. The standard InChI is InChI=1S/C15H14N4S/c16-7-8-19-15-10(17)5-6-12-13(15)14(18-19)9-3-1-2-4-11(9)20-12/h1-6H,7-8,16-17H2. The Morgan fingerprint density at radius 2 is 1.95 bits per heavy atom. The van der Waals surface area contributed by atoms with E-state index in [1.807, 2.05) is 16.8 Å². The van der Waals surface area contributed by atoms with Crippen molar-refractivity contribution in [3.8, 4) is 11.3 Å². The van der Waals surface area contributed by atoms with Gasteiger partial charge in [-0.05, 0) is 18.2 Å². The average Bonchev–Trinajstić information content (AvgIpc) is 2.84. The predicted octanol–water partition coefficient (Wildman–Crippen LogP) is 2.71. The van der Waals surface area contributed by atoms with Crippen molar-refractivity contribution in [2.24, 2.45) is 5.73 Å². The van der Waals surface area contributed by atoms with Crippen LogP contribution < -0.4 is 11.5 Å². The Kier molecular flexibility index (Phi) is 2.52. The number of nitrogens with two attached hydrogens (primary N) is 2. The molecule has 1 aromatic heterocycles. The van der Waals surface area contributed by atoms with E-state index in [4.69, 9.17) is 16.6 Å². The van der Waals surface area contributed by atoms with Crippen LogP contribution in [-0.4, -0.2) is 16.3 Å². The molecule has 0 atom stereocenters. The number of hydrogen-bond donors (Lipinski definition) is 2. The Hall–Kier alpha value is -1.98. The fourth-order valence-corrected chi connectivity index (χ4v) is 3.83. The number of nitrogens with zero attached hydrogens (tertiary/aromatic N) is 2. The largest absolute Gasteiger partial charge is 0.397 e. The fourth-order valence-electron chi connectivity index (χ4n) is 2.74. The maximum atomic E-state index is 6.16. The van der Waals surface area contributed by atoms with Crippen LogP contribution in [-0.2, 0) is 6.54 Å². The first-order chi connectivity index (χ1) is 9.79. The highest BCUT2D eigenvalue weighted by molar-refractivity contribution is 7.99. The normalized spacial score (nSPS) is 12.7. The first-order valence-electron chi connectivity index (χ1n) is 6.56.